The molecule has 0 aliphatic heterocycles. The lowest BCUT2D eigenvalue weighted by Crippen LogP contribution is -2.39. The third-order valence-electron chi connectivity index (χ3n) is 5.23. The number of nitrogens with one attached hydrogen (secondary N) is 1. The number of anilines is 1. The Balaban J connectivity index is 1.85. The molecule has 6 nitrogen and oxygen atoms in total. The number of hydrogen-bond acceptors (Lipinski definition) is 4. The molecule has 0 heterocycles. The Morgan fingerprint density at radius 2 is 1.62 bits per heavy atom. The summed E-state index contributed by atoms with van der Waals surface area (Å²) in [5.74, 6) is -0.595. The van der Waals surface area contributed by atoms with Crippen LogP contribution in [-0.4, -0.2) is 27.1 Å². The number of para-hydroxylation sites is 1. The topological polar surface area (TPSA) is 78.8 Å². The van der Waals surface area contributed by atoms with Gasteiger partial charge in [-0.3, -0.25) is 9.10 Å². The summed E-state index contributed by atoms with van der Waals surface area (Å²) >= 11 is 6.26. The lowest BCUT2D eigenvalue weighted by Gasteiger charge is -2.24. The molecule has 1 amide bonds. The molecule has 166 valence electrons. The standard InChI is InChI=1S/C24H24ClN3O3S/c1-17-13-14-20(19(3)18(17)2)15-26-27-24(29)16-28(23-12-8-7-11-22(23)25)32(30,31)21-9-5-4-6-10-21/h4-15H,16H2,1-3H3,(H,27,29)/b26-15-. The number of aryl methyl sites for hydroxylation is 1. The van der Waals surface area contributed by atoms with Crippen LogP contribution in [0.5, 0.6) is 0 Å². The van der Waals surface area contributed by atoms with E-state index in [9.17, 15) is 13.2 Å². The molecule has 0 atom stereocenters. The first-order valence-electron chi connectivity index (χ1n) is 9.93. The molecule has 0 aliphatic rings. The Morgan fingerprint density at radius 3 is 2.31 bits per heavy atom. The fourth-order valence-corrected chi connectivity index (χ4v) is 4.88. The van der Waals surface area contributed by atoms with Crippen molar-refractivity contribution in [1.82, 2.24) is 5.43 Å². The van der Waals surface area contributed by atoms with E-state index in [-0.39, 0.29) is 15.6 Å². The predicted octanol–water partition coefficient (Wildman–Crippen LogP) is 4.61. The van der Waals surface area contributed by atoms with Crippen LogP contribution in [0.3, 0.4) is 0 Å². The molecule has 0 bridgehead atoms. The van der Waals surface area contributed by atoms with Gasteiger partial charge in [-0.1, -0.05) is 54.1 Å². The van der Waals surface area contributed by atoms with Crippen LogP contribution >= 0.6 is 11.6 Å². The Kier molecular flexibility index (Phi) is 7.33. The zero-order valence-corrected chi connectivity index (χ0v) is 19.6. The number of hydrazone groups is 1. The zero-order chi connectivity index (χ0) is 23.3. The number of rotatable bonds is 7. The lowest BCUT2D eigenvalue weighted by molar-refractivity contribution is -0.119. The highest BCUT2D eigenvalue weighted by Gasteiger charge is 2.28. The molecule has 8 heteroatoms. The van der Waals surface area contributed by atoms with E-state index in [1.165, 1.54) is 17.7 Å². The summed E-state index contributed by atoms with van der Waals surface area (Å²) in [4.78, 5) is 12.7. The highest BCUT2D eigenvalue weighted by Crippen LogP contribution is 2.30. The minimum absolute atomic E-state index is 0.0574. The molecule has 0 fully saturated rings. The Morgan fingerprint density at radius 1 is 0.969 bits per heavy atom. The molecule has 1 N–H and O–H groups in total. The SMILES string of the molecule is Cc1ccc(/C=N\NC(=O)CN(c2ccccc2Cl)S(=O)(=O)c2ccccc2)c(C)c1C. The summed E-state index contributed by atoms with van der Waals surface area (Å²) in [6.45, 7) is 5.55. The predicted molar refractivity (Wildman–Crippen MR) is 129 cm³/mol. The maximum absolute atomic E-state index is 13.3. The van der Waals surface area contributed by atoms with Crippen LogP contribution < -0.4 is 9.73 Å². The van der Waals surface area contributed by atoms with Gasteiger partial charge in [-0.25, -0.2) is 13.8 Å². The fourth-order valence-electron chi connectivity index (χ4n) is 3.13. The third-order valence-corrected chi connectivity index (χ3v) is 7.33. The summed E-state index contributed by atoms with van der Waals surface area (Å²) in [5.41, 5.74) is 6.88. The molecule has 0 aliphatic carbocycles. The third kappa shape index (κ3) is 5.18. The van der Waals surface area contributed by atoms with E-state index in [4.69, 9.17) is 11.6 Å². The highest BCUT2D eigenvalue weighted by atomic mass is 35.5. The van der Waals surface area contributed by atoms with E-state index in [0.29, 0.717) is 0 Å². The van der Waals surface area contributed by atoms with Crippen LogP contribution in [0.2, 0.25) is 5.02 Å². The molecule has 0 saturated carbocycles. The molecule has 0 saturated heterocycles. The molecular weight excluding hydrogens is 446 g/mol. The van der Waals surface area contributed by atoms with Crippen LogP contribution in [0.4, 0.5) is 5.69 Å². The van der Waals surface area contributed by atoms with Gasteiger partial charge in [-0.15, -0.1) is 0 Å². The second kappa shape index (κ2) is 9.97. The molecule has 3 rings (SSSR count). The van der Waals surface area contributed by atoms with Gasteiger partial charge in [0.1, 0.15) is 6.54 Å². The number of sulfonamides is 1. The van der Waals surface area contributed by atoms with Crippen LogP contribution in [0, 0.1) is 20.8 Å². The van der Waals surface area contributed by atoms with Crippen molar-refractivity contribution in [3.63, 3.8) is 0 Å². The van der Waals surface area contributed by atoms with Crippen LogP contribution in [0.1, 0.15) is 22.3 Å². The summed E-state index contributed by atoms with van der Waals surface area (Å²) in [7, 11) is -4.03. The number of halogens is 1. The van der Waals surface area contributed by atoms with Gasteiger partial charge in [0.15, 0.2) is 0 Å². The molecule has 0 spiro atoms. The molecule has 3 aromatic carbocycles. The van der Waals surface area contributed by atoms with E-state index in [0.717, 1.165) is 21.0 Å². The Hall–Kier alpha value is -3.16. The summed E-state index contributed by atoms with van der Waals surface area (Å²) in [5, 5.41) is 4.23. The molecule has 0 unspecified atom stereocenters. The molecular formula is C24H24ClN3O3S. The number of carbonyl (C=O) groups is 1. The monoisotopic (exact) mass is 469 g/mol. The molecule has 32 heavy (non-hydrogen) atoms. The largest absolute Gasteiger partial charge is 0.271 e. The smallest absolute Gasteiger partial charge is 0.264 e. The summed E-state index contributed by atoms with van der Waals surface area (Å²) in [6, 6.07) is 18.3. The first-order valence-corrected chi connectivity index (χ1v) is 11.7. The lowest BCUT2D eigenvalue weighted by atomic mass is 10.00. The van der Waals surface area contributed by atoms with Gasteiger partial charge >= 0.3 is 0 Å². The minimum Gasteiger partial charge on any atom is -0.271 e. The number of carbonyl (C=O) groups excluding carboxylic acids is 1. The van der Waals surface area contributed by atoms with Gasteiger partial charge in [0.2, 0.25) is 0 Å². The van der Waals surface area contributed by atoms with E-state index in [1.807, 2.05) is 32.9 Å². The first-order chi connectivity index (χ1) is 15.2. The molecule has 0 radical (unpaired) electrons. The van der Waals surface area contributed by atoms with Crippen LogP contribution in [-0.2, 0) is 14.8 Å². The minimum atomic E-state index is -4.03. The number of benzene rings is 3. The first kappa shape index (κ1) is 23.5. The van der Waals surface area contributed by atoms with Crippen LogP contribution in [0.15, 0.2) is 76.7 Å². The van der Waals surface area contributed by atoms with Gasteiger partial charge in [-0.2, -0.15) is 5.10 Å². The van der Waals surface area contributed by atoms with Crippen molar-refractivity contribution in [2.24, 2.45) is 5.10 Å². The second-order valence-corrected chi connectivity index (χ2v) is 9.56. The quantitative estimate of drug-likeness (QED) is 0.405. The van der Waals surface area contributed by atoms with Gasteiger partial charge in [-0.05, 0) is 67.3 Å². The van der Waals surface area contributed by atoms with Crippen molar-refractivity contribution in [3.05, 3.63) is 94.0 Å². The maximum Gasteiger partial charge on any atom is 0.264 e. The van der Waals surface area contributed by atoms with Crippen LogP contribution in [0.25, 0.3) is 0 Å². The van der Waals surface area contributed by atoms with Gasteiger partial charge in [0.05, 0.1) is 21.8 Å². The Labute approximate surface area is 193 Å². The second-order valence-electron chi connectivity index (χ2n) is 7.29. The zero-order valence-electron chi connectivity index (χ0n) is 18.0. The molecule has 3 aromatic rings. The van der Waals surface area contributed by atoms with Gasteiger partial charge < -0.3 is 0 Å². The van der Waals surface area contributed by atoms with Gasteiger partial charge in [0, 0.05) is 0 Å². The van der Waals surface area contributed by atoms with Crippen molar-refractivity contribution in [2.75, 3.05) is 10.8 Å². The fraction of sp³-hybridized carbons (Fsp3) is 0.167. The molecule has 0 aromatic heterocycles. The van der Waals surface area contributed by atoms with Gasteiger partial charge in [0.25, 0.3) is 15.9 Å². The van der Waals surface area contributed by atoms with Crippen molar-refractivity contribution < 1.29 is 13.2 Å². The number of hydrogen-bond donors (Lipinski definition) is 1. The Bertz CT molecular complexity index is 1260. The van der Waals surface area contributed by atoms with E-state index in [1.54, 1.807) is 48.7 Å². The van der Waals surface area contributed by atoms with Crippen molar-refractivity contribution >= 4 is 39.4 Å². The highest BCUT2D eigenvalue weighted by molar-refractivity contribution is 7.92. The van der Waals surface area contributed by atoms with Crippen molar-refractivity contribution in [2.45, 2.75) is 25.7 Å². The summed E-state index contributed by atoms with van der Waals surface area (Å²) in [6.07, 6.45) is 1.55. The van der Waals surface area contributed by atoms with E-state index in [2.05, 4.69) is 10.5 Å². The summed E-state index contributed by atoms with van der Waals surface area (Å²) < 4.78 is 27.5. The van der Waals surface area contributed by atoms with E-state index < -0.39 is 22.5 Å². The average Bonchev–Trinajstić information content (AvgIpc) is 2.78. The average molecular weight is 470 g/mol. The number of amides is 1. The number of nitrogens with zero attached hydrogens (tertiary/aromatic N) is 2. The van der Waals surface area contributed by atoms with Crippen molar-refractivity contribution in [1.29, 1.82) is 0 Å². The van der Waals surface area contributed by atoms with E-state index >= 15 is 0 Å². The normalized spacial score (nSPS) is 11.5. The maximum atomic E-state index is 13.3. The van der Waals surface area contributed by atoms with Crippen molar-refractivity contribution in [3.8, 4) is 0 Å².